The summed E-state index contributed by atoms with van der Waals surface area (Å²) in [4.78, 5) is 30.4. The molecule has 0 aliphatic carbocycles. The first-order valence-corrected chi connectivity index (χ1v) is 8.46. The average Bonchev–Trinajstić information content (AvgIpc) is 2.93. The van der Waals surface area contributed by atoms with Crippen molar-refractivity contribution in [1.29, 1.82) is 0 Å². The van der Waals surface area contributed by atoms with Gasteiger partial charge in [0.25, 0.3) is 0 Å². The van der Waals surface area contributed by atoms with Crippen LogP contribution in [0.5, 0.6) is 0 Å². The quantitative estimate of drug-likeness (QED) is 0.832. The summed E-state index contributed by atoms with van der Waals surface area (Å²) in [5, 5.41) is 0. The normalized spacial score (nSPS) is 22.7. The highest BCUT2D eigenvalue weighted by Crippen LogP contribution is 2.18. The third-order valence-corrected chi connectivity index (χ3v) is 4.98. The van der Waals surface area contributed by atoms with Gasteiger partial charge in [0.1, 0.15) is 0 Å². The van der Waals surface area contributed by atoms with Crippen LogP contribution >= 0.6 is 0 Å². The van der Waals surface area contributed by atoms with Crippen molar-refractivity contribution >= 4 is 11.8 Å². The largest absolute Gasteiger partial charge is 0.344 e. The molecule has 5 heteroatoms. The van der Waals surface area contributed by atoms with Crippen LogP contribution in [0.25, 0.3) is 0 Å². The molecule has 2 amide bonds. The molecule has 1 aromatic rings. The van der Waals surface area contributed by atoms with E-state index in [0.717, 1.165) is 45.6 Å². The van der Waals surface area contributed by atoms with Crippen molar-refractivity contribution in [2.24, 2.45) is 0 Å². The average molecular weight is 315 g/mol. The molecule has 23 heavy (non-hydrogen) atoms. The van der Waals surface area contributed by atoms with E-state index in [0.29, 0.717) is 6.42 Å². The molecule has 0 saturated carbocycles. The second kappa shape index (κ2) is 7.13. The maximum Gasteiger partial charge on any atom is 0.239 e. The number of hydrogen-bond acceptors (Lipinski definition) is 3. The number of aryl methyl sites for hydroxylation is 1. The van der Waals surface area contributed by atoms with Crippen LogP contribution in [-0.4, -0.2) is 72.3 Å². The number of hydrogen-bond donors (Lipinski definition) is 0. The Morgan fingerprint density at radius 1 is 1.09 bits per heavy atom. The Morgan fingerprint density at radius 3 is 2.39 bits per heavy atom. The standard InChI is InChI=1S/C18H25N3O2/c1-19-10-9-16(18(19)23)20-11-13-21(14-12-20)17(22)8-7-15-5-3-2-4-6-15/h2-6,16H,7-14H2,1H3. The van der Waals surface area contributed by atoms with Gasteiger partial charge in [-0.3, -0.25) is 14.5 Å². The van der Waals surface area contributed by atoms with E-state index in [1.807, 2.05) is 35.0 Å². The second-order valence-electron chi connectivity index (χ2n) is 6.47. The molecular weight excluding hydrogens is 290 g/mol. The van der Waals surface area contributed by atoms with Gasteiger partial charge in [0, 0.05) is 46.2 Å². The molecule has 2 saturated heterocycles. The lowest BCUT2D eigenvalue weighted by Crippen LogP contribution is -2.53. The van der Waals surface area contributed by atoms with E-state index in [2.05, 4.69) is 17.0 Å². The van der Waals surface area contributed by atoms with Gasteiger partial charge in [-0.05, 0) is 18.4 Å². The Labute approximate surface area is 137 Å². The van der Waals surface area contributed by atoms with Crippen molar-refractivity contribution in [1.82, 2.24) is 14.7 Å². The summed E-state index contributed by atoms with van der Waals surface area (Å²) in [6.45, 7) is 3.94. The number of likely N-dealkylation sites (N-methyl/N-ethyl adjacent to an activating group) is 1. The second-order valence-corrected chi connectivity index (χ2v) is 6.47. The van der Waals surface area contributed by atoms with Crippen molar-refractivity contribution in [2.75, 3.05) is 39.8 Å². The topological polar surface area (TPSA) is 43.9 Å². The molecule has 0 spiro atoms. The van der Waals surface area contributed by atoms with Crippen LogP contribution < -0.4 is 0 Å². The maximum atomic E-state index is 12.3. The zero-order valence-electron chi connectivity index (χ0n) is 13.8. The van der Waals surface area contributed by atoms with Crippen LogP contribution in [0.15, 0.2) is 30.3 Å². The zero-order valence-corrected chi connectivity index (χ0v) is 13.8. The van der Waals surface area contributed by atoms with Crippen LogP contribution in [0, 0.1) is 0 Å². The third-order valence-electron chi connectivity index (χ3n) is 4.98. The number of rotatable bonds is 4. The molecule has 2 aliphatic rings. The van der Waals surface area contributed by atoms with Gasteiger partial charge in [-0.15, -0.1) is 0 Å². The van der Waals surface area contributed by atoms with Crippen molar-refractivity contribution in [2.45, 2.75) is 25.3 Å². The number of amides is 2. The summed E-state index contributed by atoms with van der Waals surface area (Å²) in [5.74, 6) is 0.456. The lowest BCUT2D eigenvalue weighted by atomic mass is 10.1. The summed E-state index contributed by atoms with van der Waals surface area (Å²) in [6, 6.07) is 10.2. The van der Waals surface area contributed by atoms with Crippen molar-refractivity contribution in [3.8, 4) is 0 Å². The van der Waals surface area contributed by atoms with Gasteiger partial charge in [-0.1, -0.05) is 30.3 Å². The van der Waals surface area contributed by atoms with E-state index in [1.54, 1.807) is 0 Å². The van der Waals surface area contributed by atoms with Crippen LogP contribution in [0.4, 0.5) is 0 Å². The highest BCUT2D eigenvalue weighted by atomic mass is 16.2. The van der Waals surface area contributed by atoms with E-state index in [1.165, 1.54) is 5.56 Å². The maximum absolute atomic E-state index is 12.3. The molecule has 0 bridgehead atoms. The van der Waals surface area contributed by atoms with E-state index >= 15 is 0 Å². The van der Waals surface area contributed by atoms with Gasteiger partial charge in [0.05, 0.1) is 6.04 Å². The number of carbonyl (C=O) groups is 2. The van der Waals surface area contributed by atoms with Crippen LogP contribution in [0.2, 0.25) is 0 Å². The molecule has 2 heterocycles. The monoisotopic (exact) mass is 315 g/mol. The van der Waals surface area contributed by atoms with E-state index < -0.39 is 0 Å². The fraction of sp³-hybridized carbons (Fsp3) is 0.556. The molecule has 0 aromatic heterocycles. The number of benzene rings is 1. The molecule has 0 N–H and O–H groups in total. The summed E-state index contributed by atoms with van der Waals surface area (Å²) in [5.41, 5.74) is 1.21. The minimum absolute atomic E-state index is 0.0292. The van der Waals surface area contributed by atoms with Gasteiger partial charge >= 0.3 is 0 Å². The van der Waals surface area contributed by atoms with Crippen molar-refractivity contribution in [3.05, 3.63) is 35.9 Å². The summed E-state index contributed by atoms with van der Waals surface area (Å²) in [6.07, 6.45) is 2.28. The van der Waals surface area contributed by atoms with Gasteiger partial charge in [0.15, 0.2) is 0 Å². The van der Waals surface area contributed by atoms with Gasteiger partial charge in [-0.2, -0.15) is 0 Å². The highest BCUT2D eigenvalue weighted by Gasteiger charge is 2.35. The lowest BCUT2D eigenvalue weighted by molar-refractivity contribution is -0.135. The number of piperazine rings is 1. The van der Waals surface area contributed by atoms with Crippen molar-refractivity contribution in [3.63, 3.8) is 0 Å². The molecule has 0 radical (unpaired) electrons. The van der Waals surface area contributed by atoms with E-state index in [4.69, 9.17) is 0 Å². The highest BCUT2D eigenvalue weighted by molar-refractivity contribution is 5.83. The smallest absolute Gasteiger partial charge is 0.239 e. The zero-order chi connectivity index (χ0) is 16.2. The molecule has 1 aromatic carbocycles. The molecule has 1 unspecified atom stereocenters. The number of nitrogens with zero attached hydrogens (tertiary/aromatic N) is 3. The fourth-order valence-corrected chi connectivity index (χ4v) is 3.48. The van der Waals surface area contributed by atoms with E-state index in [9.17, 15) is 9.59 Å². The predicted octanol–water partition coefficient (Wildman–Crippen LogP) is 0.994. The van der Waals surface area contributed by atoms with Gasteiger partial charge in [0.2, 0.25) is 11.8 Å². The molecule has 2 aliphatic heterocycles. The summed E-state index contributed by atoms with van der Waals surface area (Å²) >= 11 is 0. The fourth-order valence-electron chi connectivity index (χ4n) is 3.48. The lowest BCUT2D eigenvalue weighted by Gasteiger charge is -2.37. The Kier molecular flexibility index (Phi) is 4.96. The molecule has 5 nitrogen and oxygen atoms in total. The Balaban J connectivity index is 1.45. The molecule has 1 atom stereocenters. The number of likely N-dealkylation sites (tertiary alicyclic amines) is 1. The summed E-state index contributed by atoms with van der Waals surface area (Å²) in [7, 11) is 1.87. The van der Waals surface area contributed by atoms with Crippen molar-refractivity contribution < 1.29 is 9.59 Å². The first-order chi connectivity index (χ1) is 11.1. The molecule has 3 rings (SSSR count). The Hall–Kier alpha value is -1.88. The van der Waals surface area contributed by atoms with E-state index in [-0.39, 0.29) is 17.9 Å². The Bertz CT molecular complexity index is 553. The van der Waals surface area contributed by atoms with Crippen LogP contribution in [0.3, 0.4) is 0 Å². The number of carbonyl (C=O) groups excluding carboxylic acids is 2. The van der Waals surface area contributed by atoms with Crippen LogP contribution in [0.1, 0.15) is 18.4 Å². The van der Waals surface area contributed by atoms with Gasteiger partial charge < -0.3 is 9.80 Å². The van der Waals surface area contributed by atoms with Crippen LogP contribution in [-0.2, 0) is 16.0 Å². The summed E-state index contributed by atoms with van der Waals surface area (Å²) < 4.78 is 0. The SMILES string of the molecule is CN1CCC(N2CCN(C(=O)CCc3ccccc3)CC2)C1=O. The molecule has 2 fully saturated rings. The Morgan fingerprint density at radius 2 is 1.78 bits per heavy atom. The van der Waals surface area contributed by atoms with Gasteiger partial charge in [-0.25, -0.2) is 0 Å². The first kappa shape index (κ1) is 16.0. The third kappa shape index (κ3) is 3.72. The molecule has 124 valence electrons. The molecular formula is C18H25N3O2. The predicted molar refractivity (Wildman–Crippen MR) is 89.0 cm³/mol. The first-order valence-electron chi connectivity index (χ1n) is 8.46. The minimum Gasteiger partial charge on any atom is -0.344 e. The minimum atomic E-state index is 0.0292.